The minimum Gasteiger partial charge on any atom is -0.256 e. The fraction of sp³-hybridized carbons (Fsp3) is 0.0357. The number of fused-ring (bicyclic) bond motifs is 6. The van der Waals surface area contributed by atoms with E-state index in [2.05, 4.69) is 43.1 Å². The second-order valence-corrected chi connectivity index (χ2v) is 8.40. The Bertz CT molecular complexity index is 1790. The van der Waals surface area contributed by atoms with E-state index in [0.29, 0.717) is 23.2 Å². The first-order valence-electron chi connectivity index (χ1n) is 11.2. The van der Waals surface area contributed by atoms with Crippen molar-refractivity contribution in [1.82, 2.24) is 34.9 Å². The molecule has 0 N–H and O–H groups in total. The summed E-state index contributed by atoms with van der Waals surface area (Å²) in [7, 11) is 0. The van der Waals surface area contributed by atoms with E-state index in [9.17, 15) is 0 Å². The molecule has 7 aromatic rings. The van der Waals surface area contributed by atoms with E-state index in [1.807, 2.05) is 55.6 Å². The van der Waals surface area contributed by atoms with E-state index >= 15 is 0 Å². The molecule has 0 spiro atoms. The molecule has 0 aliphatic heterocycles. The summed E-state index contributed by atoms with van der Waals surface area (Å²) >= 11 is 0. The number of benzene rings is 2. The van der Waals surface area contributed by atoms with Gasteiger partial charge in [-0.05, 0) is 36.6 Å². The zero-order valence-electron chi connectivity index (χ0n) is 18.7. The maximum Gasteiger partial charge on any atom is 0.182 e. The summed E-state index contributed by atoms with van der Waals surface area (Å²) in [6.45, 7) is 1.86. The van der Waals surface area contributed by atoms with Gasteiger partial charge in [0, 0.05) is 51.9 Å². The number of hydrogen-bond acceptors (Lipinski definition) is 7. The molecule has 0 unspecified atom stereocenters. The monoisotopic (exact) mass is 451 g/mol. The maximum absolute atomic E-state index is 4.76. The van der Waals surface area contributed by atoms with Crippen molar-refractivity contribution in [3.8, 4) is 22.9 Å². The van der Waals surface area contributed by atoms with Crippen molar-refractivity contribution in [2.45, 2.75) is 6.92 Å². The molecule has 0 radical (unpaired) electrons. The molecule has 0 aliphatic rings. The smallest absolute Gasteiger partial charge is 0.182 e. The molecule has 164 valence electrons. The molecule has 0 fully saturated rings. The predicted molar refractivity (Wildman–Crippen MR) is 137 cm³/mol. The third-order valence-electron chi connectivity index (χ3n) is 6.13. The Labute approximate surface area is 199 Å². The highest BCUT2D eigenvalue weighted by Crippen LogP contribution is 2.28. The Morgan fingerprint density at radius 3 is 2.09 bits per heavy atom. The quantitative estimate of drug-likeness (QED) is 0.311. The van der Waals surface area contributed by atoms with E-state index in [0.717, 1.165) is 49.0 Å². The van der Waals surface area contributed by atoms with Crippen LogP contribution in [0.5, 0.6) is 0 Å². The lowest BCUT2D eigenvalue weighted by molar-refractivity contribution is 0.983. The van der Waals surface area contributed by atoms with Crippen LogP contribution in [0.3, 0.4) is 0 Å². The van der Waals surface area contributed by atoms with Crippen LogP contribution in [0.25, 0.3) is 66.4 Å². The Kier molecular flexibility index (Phi) is 4.22. The zero-order valence-corrected chi connectivity index (χ0v) is 18.7. The van der Waals surface area contributed by atoms with Gasteiger partial charge in [-0.15, -0.1) is 0 Å². The Balaban J connectivity index is 1.35. The van der Waals surface area contributed by atoms with E-state index in [1.54, 1.807) is 18.6 Å². The Morgan fingerprint density at radius 1 is 0.543 bits per heavy atom. The van der Waals surface area contributed by atoms with Gasteiger partial charge in [-0.2, -0.15) is 0 Å². The normalized spacial score (nSPS) is 11.6. The van der Waals surface area contributed by atoms with Gasteiger partial charge in [0.15, 0.2) is 11.6 Å². The molecule has 5 heterocycles. The van der Waals surface area contributed by atoms with Crippen LogP contribution >= 0.6 is 0 Å². The first-order chi connectivity index (χ1) is 17.2. The van der Waals surface area contributed by atoms with Gasteiger partial charge in [0.05, 0.1) is 16.6 Å². The fourth-order valence-corrected chi connectivity index (χ4v) is 4.47. The molecule has 7 heteroatoms. The average Bonchev–Trinajstić information content (AvgIpc) is 2.92. The number of rotatable bonds is 2. The van der Waals surface area contributed by atoms with Crippen molar-refractivity contribution in [1.29, 1.82) is 0 Å². The van der Waals surface area contributed by atoms with Crippen LogP contribution in [0.1, 0.15) is 5.82 Å². The second-order valence-electron chi connectivity index (χ2n) is 8.40. The highest BCUT2D eigenvalue weighted by molar-refractivity contribution is 6.05. The van der Waals surface area contributed by atoms with Gasteiger partial charge in [-0.1, -0.05) is 36.4 Å². The highest BCUT2D eigenvalue weighted by Gasteiger charge is 2.13. The molecule has 0 bridgehead atoms. The van der Waals surface area contributed by atoms with Crippen LogP contribution in [-0.2, 0) is 0 Å². The molecule has 0 saturated heterocycles. The molecule has 0 atom stereocenters. The van der Waals surface area contributed by atoms with Crippen LogP contribution in [-0.4, -0.2) is 34.9 Å². The lowest BCUT2D eigenvalue weighted by Gasteiger charge is -2.08. The molecular weight excluding hydrogens is 434 g/mol. The summed E-state index contributed by atoms with van der Waals surface area (Å²) in [5.74, 6) is 1.70. The van der Waals surface area contributed by atoms with E-state index in [1.165, 1.54) is 0 Å². The van der Waals surface area contributed by atoms with Gasteiger partial charge in [0.2, 0.25) is 0 Å². The van der Waals surface area contributed by atoms with Gasteiger partial charge < -0.3 is 0 Å². The minimum atomic E-state index is 0.524. The molecule has 0 saturated carbocycles. The van der Waals surface area contributed by atoms with Gasteiger partial charge in [0.25, 0.3) is 0 Å². The molecule has 2 aromatic carbocycles. The molecule has 0 aliphatic carbocycles. The Morgan fingerprint density at radius 2 is 1.23 bits per heavy atom. The summed E-state index contributed by atoms with van der Waals surface area (Å²) < 4.78 is 0. The standard InChI is InChI=1S/C28H17N7/c1-16-33-27(21-12-20-9-7-18-5-3-11-30-25(18)26(20)32-14-21)35-28(34-16)23-13-19-8-6-17-4-2-10-29-24(17)22(19)15-31-23/h2-15H,1H3. The predicted octanol–water partition coefficient (Wildman–Crippen LogP) is 5.71. The zero-order chi connectivity index (χ0) is 23.4. The third-order valence-corrected chi connectivity index (χ3v) is 6.13. The largest absolute Gasteiger partial charge is 0.256 e. The van der Waals surface area contributed by atoms with Crippen LogP contribution in [0.2, 0.25) is 0 Å². The van der Waals surface area contributed by atoms with Crippen LogP contribution < -0.4 is 0 Å². The number of hydrogen-bond donors (Lipinski definition) is 0. The molecule has 35 heavy (non-hydrogen) atoms. The third kappa shape index (κ3) is 3.25. The van der Waals surface area contributed by atoms with Crippen molar-refractivity contribution in [2.24, 2.45) is 0 Å². The number of aromatic nitrogens is 7. The van der Waals surface area contributed by atoms with Crippen LogP contribution in [0, 0.1) is 6.92 Å². The van der Waals surface area contributed by atoms with Crippen molar-refractivity contribution in [3.05, 3.63) is 91.3 Å². The lowest BCUT2D eigenvalue weighted by Crippen LogP contribution is -2.01. The van der Waals surface area contributed by atoms with Gasteiger partial charge in [-0.25, -0.2) is 15.0 Å². The first-order valence-corrected chi connectivity index (χ1v) is 11.2. The van der Waals surface area contributed by atoms with Gasteiger partial charge in [0.1, 0.15) is 11.5 Å². The second kappa shape index (κ2) is 7.56. The lowest BCUT2D eigenvalue weighted by atomic mass is 10.1. The van der Waals surface area contributed by atoms with Gasteiger partial charge >= 0.3 is 0 Å². The Hall–Kier alpha value is -4.91. The van der Waals surface area contributed by atoms with E-state index in [4.69, 9.17) is 9.97 Å². The molecule has 7 nitrogen and oxygen atoms in total. The summed E-state index contributed by atoms with van der Waals surface area (Å²) in [4.78, 5) is 32.3. The SMILES string of the molecule is Cc1nc(-c2cnc3c(ccc4cccnc43)c2)nc(-c2cc3ccc4cccnc4c3cn2)n1. The maximum atomic E-state index is 4.76. The van der Waals surface area contributed by atoms with E-state index < -0.39 is 0 Å². The van der Waals surface area contributed by atoms with Gasteiger partial charge in [-0.3, -0.25) is 19.9 Å². The summed E-state index contributed by atoms with van der Waals surface area (Å²) in [5.41, 5.74) is 4.17. The number of aryl methyl sites for hydroxylation is 1. The fourth-order valence-electron chi connectivity index (χ4n) is 4.47. The topological polar surface area (TPSA) is 90.2 Å². The van der Waals surface area contributed by atoms with Crippen LogP contribution in [0.15, 0.2) is 85.5 Å². The van der Waals surface area contributed by atoms with Crippen molar-refractivity contribution >= 4 is 43.5 Å². The molecular formula is C28H17N7. The molecule has 0 amide bonds. The number of nitrogens with zero attached hydrogens (tertiary/aromatic N) is 7. The van der Waals surface area contributed by atoms with Crippen molar-refractivity contribution < 1.29 is 0 Å². The highest BCUT2D eigenvalue weighted by atomic mass is 15.0. The summed E-state index contributed by atoms with van der Waals surface area (Å²) in [6, 6.07) is 20.2. The number of pyridine rings is 4. The van der Waals surface area contributed by atoms with Crippen molar-refractivity contribution in [2.75, 3.05) is 0 Å². The summed E-state index contributed by atoms with van der Waals surface area (Å²) in [5, 5.41) is 5.16. The molecule has 5 aromatic heterocycles. The first kappa shape index (κ1) is 19.5. The average molecular weight is 451 g/mol. The van der Waals surface area contributed by atoms with Crippen LogP contribution in [0.4, 0.5) is 0 Å². The van der Waals surface area contributed by atoms with E-state index in [-0.39, 0.29) is 0 Å². The summed E-state index contributed by atoms with van der Waals surface area (Å²) in [6.07, 6.45) is 7.22. The minimum absolute atomic E-state index is 0.524. The molecule has 7 rings (SSSR count). The van der Waals surface area contributed by atoms with Crippen molar-refractivity contribution in [3.63, 3.8) is 0 Å².